The molecule has 2 aromatic rings. The third-order valence-electron chi connectivity index (χ3n) is 3.08. The molecule has 0 spiro atoms. The summed E-state index contributed by atoms with van der Waals surface area (Å²) in [5.41, 5.74) is 6.52. The van der Waals surface area contributed by atoms with Crippen LogP contribution in [0.15, 0.2) is 24.3 Å². The highest BCUT2D eigenvalue weighted by molar-refractivity contribution is 7.13. The summed E-state index contributed by atoms with van der Waals surface area (Å²) in [5.74, 6) is 0.822. The maximum absolute atomic E-state index is 12.8. The van der Waals surface area contributed by atoms with Gasteiger partial charge in [0.2, 0.25) is 0 Å². The van der Waals surface area contributed by atoms with Crippen molar-refractivity contribution in [3.63, 3.8) is 0 Å². The van der Waals surface area contributed by atoms with Crippen molar-refractivity contribution in [2.75, 3.05) is 0 Å². The number of hydrogen-bond acceptors (Lipinski definition) is 4. The standard InChI is InChI=1S/C14H14FN3OS/c15-9-3-5-10(6-4-9)19-7-11-18-12(8-1-2-8)13(20-11)14(16)17/h3-6,8H,1-2,7H2,(H3,16,17). The molecule has 0 unspecified atom stereocenters. The van der Waals surface area contributed by atoms with Crippen molar-refractivity contribution < 1.29 is 9.13 Å². The molecule has 3 N–H and O–H groups in total. The zero-order valence-corrected chi connectivity index (χ0v) is 11.5. The average Bonchev–Trinajstić information content (AvgIpc) is 3.18. The van der Waals surface area contributed by atoms with Gasteiger partial charge >= 0.3 is 0 Å². The van der Waals surface area contributed by atoms with Crippen LogP contribution < -0.4 is 10.5 Å². The number of nitrogen functional groups attached to an aromatic ring is 1. The summed E-state index contributed by atoms with van der Waals surface area (Å²) >= 11 is 1.40. The zero-order chi connectivity index (χ0) is 14.1. The molecule has 1 saturated carbocycles. The van der Waals surface area contributed by atoms with E-state index in [1.807, 2.05) is 0 Å². The minimum Gasteiger partial charge on any atom is -0.486 e. The number of halogens is 1. The van der Waals surface area contributed by atoms with Crippen LogP contribution in [0, 0.1) is 11.2 Å². The Hall–Kier alpha value is -1.95. The Kier molecular flexibility index (Phi) is 3.40. The Labute approximate surface area is 119 Å². The van der Waals surface area contributed by atoms with Crippen molar-refractivity contribution in [2.45, 2.75) is 25.4 Å². The van der Waals surface area contributed by atoms with Crippen LogP contribution in [0.4, 0.5) is 4.39 Å². The quantitative estimate of drug-likeness (QED) is 0.657. The van der Waals surface area contributed by atoms with Crippen molar-refractivity contribution in [1.29, 1.82) is 5.41 Å². The molecule has 0 atom stereocenters. The monoisotopic (exact) mass is 291 g/mol. The summed E-state index contributed by atoms with van der Waals surface area (Å²) < 4.78 is 18.4. The van der Waals surface area contributed by atoms with E-state index in [1.165, 1.54) is 23.5 Å². The summed E-state index contributed by atoms with van der Waals surface area (Å²) in [7, 11) is 0. The lowest BCUT2D eigenvalue weighted by molar-refractivity contribution is 0.305. The predicted octanol–water partition coefficient (Wildman–Crippen LogP) is 3.02. The van der Waals surface area contributed by atoms with Crippen LogP contribution in [-0.4, -0.2) is 10.8 Å². The summed E-state index contributed by atoms with van der Waals surface area (Å²) in [6.45, 7) is 0.309. The maximum atomic E-state index is 12.8. The molecule has 1 aromatic heterocycles. The lowest BCUT2D eigenvalue weighted by atomic mass is 10.2. The maximum Gasteiger partial charge on any atom is 0.140 e. The van der Waals surface area contributed by atoms with E-state index in [1.54, 1.807) is 12.1 Å². The molecule has 0 bridgehead atoms. The fourth-order valence-electron chi connectivity index (χ4n) is 1.94. The van der Waals surface area contributed by atoms with Gasteiger partial charge in [-0.3, -0.25) is 5.41 Å². The van der Waals surface area contributed by atoms with Crippen LogP contribution in [0.3, 0.4) is 0 Å². The minimum atomic E-state index is -0.290. The van der Waals surface area contributed by atoms with Gasteiger partial charge in [0.25, 0.3) is 0 Å². The largest absolute Gasteiger partial charge is 0.486 e. The Morgan fingerprint density at radius 1 is 1.40 bits per heavy atom. The summed E-state index contributed by atoms with van der Waals surface area (Å²) in [6.07, 6.45) is 2.23. The topological polar surface area (TPSA) is 72.0 Å². The van der Waals surface area contributed by atoms with Crippen LogP contribution >= 0.6 is 11.3 Å². The molecule has 20 heavy (non-hydrogen) atoms. The minimum absolute atomic E-state index is 0.0671. The highest BCUT2D eigenvalue weighted by atomic mass is 32.1. The second kappa shape index (κ2) is 5.20. The van der Waals surface area contributed by atoms with Gasteiger partial charge in [0.1, 0.15) is 29.0 Å². The molecule has 4 nitrogen and oxygen atoms in total. The van der Waals surface area contributed by atoms with Gasteiger partial charge in [-0.25, -0.2) is 9.37 Å². The van der Waals surface area contributed by atoms with Gasteiger partial charge in [0.05, 0.1) is 10.6 Å². The second-order valence-electron chi connectivity index (χ2n) is 4.75. The van der Waals surface area contributed by atoms with E-state index in [2.05, 4.69) is 4.98 Å². The summed E-state index contributed by atoms with van der Waals surface area (Å²) in [5, 5.41) is 8.39. The van der Waals surface area contributed by atoms with E-state index in [0.717, 1.165) is 28.4 Å². The van der Waals surface area contributed by atoms with Gasteiger partial charge in [-0.05, 0) is 37.1 Å². The normalized spacial score (nSPS) is 14.2. The number of hydrogen-bond donors (Lipinski definition) is 2. The lowest BCUT2D eigenvalue weighted by Crippen LogP contribution is -2.11. The number of amidine groups is 1. The average molecular weight is 291 g/mol. The van der Waals surface area contributed by atoms with Crippen molar-refractivity contribution in [2.24, 2.45) is 5.73 Å². The van der Waals surface area contributed by atoms with Gasteiger partial charge in [0.15, 0.2) is 0 Å². The number of thiazole rings is 1. The van der Waals surface area contributed by atoms with Crippen molar-refractivity contribution in [3.8, 4) is 5.75 Å². The van der Waals surface area contributed by atoms with E-state index in [-0.39, 0.29) is 11.7 Å². The SMILES string of the molecule is N=C(N)c1sc(COc2ccc(F)cc2)nc1C1CC1. The van der Waals surface area contributed by atoms with Crippen LogP contribution in [0.1, 0.15) is 34.3 Å². The number of benzene rings is 1. The van der Waals surface area contributed by atoms with Gasteiger partial charge in [-0.1, -0.05) is 0 Å². The highest BCUT2D eigenvalue weighted by Gasteiger charge is 2.30. The van der Waals surface area contributed by atoms with E-state index >= 15 is 0 Å². The van der Waals surface area contributed by atoms with E-state index in [4.69, 9.17) is 15.9 Å². The molecular weight excluding hydrogens is 277 g/mol. The molecule has 3 rings (SSSR count). The number of nitrogens with two attached hydrogens (primary N) is 1. The molecule has 6 heteroatoms. The molecule has 1 heterocycles. The lowest BCUT2D eigenvalue weighted by Gasteiger charge is -2.02. The number of ether oxygens (including phenoxy) is 1. The first-order valence-corrected chi connectivity index (χ1v) is 7.17. The third-order valence-corrected chi connectivity index (χ3v) is 4.16. The van der Waals surface area contributed by atoms with Crippen molar-refractivity contribution in [3.05, 3.63) is 45.7 Å². The van der Waals surface area contributed by atoms with E-state index in [0.29, 0.717) is 18.3 Å². The molecule has 1 aliphatic rings. The number of rotatable bonds is 5. The molecule has 0 saturated heterocycles. The van der Waals surface area contributed by atoms with E-state index < -0.39 is 0 Å². The Morgan fingerprint density at radius 2 is 2.10 bits per heavy atom. The fourth-order valence-corrected chi connectivity index (χ4v) is 2.87. The molecule has 0 amide bonds. The van der Waals surface area contributed by atoms with Gasteiger partial charge in [0, 0.05) is 5.92 Å². The second-order valence-corrected chi connectivity index (χ2v) is 5.84. The summed E-state index contributed by atoms with van der Waals surface area (Å²) in [6, 6.07) is 5.87. The smallest absolute Gasteiger partial charge is 0.140 e. The summed E-state index contributed by atoms with van der Waals surface area (Å²) in [4.78, 5) is 5.28. The highest BCUT2D eigenvalue weighted by Crippen LogP contribution is 2.42. The Bertz CT molecular complexity index is 634. The predicted molar refractivity (Wildman–Crippen MR) is 75.8 cm³/mol. The third kappa shape index (κ3) is 2.80. The van der Waals surface area contributed by atoms with Crippen molar-refractivity contribution >= 4 is 17.2 Å². The Morgan fingerprint density at radius 3 is 2.70 bits per heavy atom. The number of nitrogens with one attached hydrogen (secondary N) is 1. The molecular formula is C14H14FN3OS. The molecule has 1 fully saturated rings. The fraction of sp³-hybridized carbons (Fsp3) is 0.286. The Balaban J connectivity index is 1.72. The molecule has 1 aliphatic carbocycles. The molecule has 104 valence electrons. The van der Waals surface area contributed by atoms with Gasteiger partial charge in [-0.15, -0.1) is 11.3 Å². The van der Waals surface area contributed by atoms with Gasteiger partial charge < -0.3 is 10.5 Å². The molecule has 0 radical (unpaired) electrons. The molecule has 1 aromatic carbocycles. The first kappa shape index (κ1) is 13.1. The van der Waals surface area contributed by atoms with Crippen LogP contribution in [0.25, 0.3) is 0 Å². The van der Waals surface area contributed by atoms with Crippen molar-refractivity contribution in [1.82, 2.24) is 4.98 Å². The zero-order valence-electron chi connectivity index (χ0n) is 10.7. The van der Waals surface area contributed by atoms with E-state index in [9.17, 15) is 4.39 Å². The van der Waals surface area contributed by atoms with Gasteiger partial charge in [-0.2, -0.15) is 0 Å². The van der Waals surface area contributed by atoms with Crippen LogP contribution in [-0.2, 0) is 6.61 Å². The first-order valence-electron chi connectivity index (χ1n) is 6.36. The number of aromatic nitrogens is 1. The first-order chi connectivity index (χ1) is 9.63. The molecule has 0 aliphatic heterocycles. The van der Waals surface area contributed by atoms with Crippen LogP contribution in [0.5, 0.6) is 5.75 Å². The number of nitrogens with zero attached hydrogens (tertiary/aromatic N) is 1. The van der Waals surface area contributed by atoms with Crippen LogP contribution in [0.2, 0.25) is 0 Å².